The normalized spacial score (nSPS) is 11.2. The highest BCUT2D eigenvalue weighted by Crippen LogP contribution is 2.22. The number of nitrogens with zero attached hydrogens (tertiary/aromatic N) is 3. The summed E-state index contributed by atoms with van der Waals surface area (Å²) in [5, 5.41) is 7.11. The second-order valence-electron chi connectivity index (χ2n) is 3.99. The number of carbonyl (C=O) groups excluding carboxylic acids is 1. The van der Waals surface area contributed by atoms with Crippen molar-refractivity contribution in [2.24, 2.45) is 7.05 Å². The van der Waals surface area contributed by atoms with Gasteiger partial charge in [0, 0.05) is 12.7 Å². The molecule has 21 heavy (non-hydrogen) atoms. The molecular weight excluding hydrogens is 364 g/mol. The summed E-state index contributed by atoms with van der Waals surface area (Å²) in [5.41, 5.74) is 0.464. The van der Waals surface area contributed by atoms with Crippen LogP contribution in [-0.4, -0.2) is 36.5 Å². The van der Waals surface area contributed by atoms with Crippen LogP contribution in [0.15, 0.2) is 33.9 Å². The van der Waals surface area contributed by atoms with Gasteiger partial charge in [-0.15, -0.1) is 5.10 Å². The first-order chi connectivity index (χ1) is 9.85. The van der Waals surface area contributed by atoms with Crippen molar-refractivity contribution in [1.29, 1.82) is 0 Å². The van der Waals surface area contributed by atoms with Crippen molar-refractivity contribution in [3.63, 3.8) is 0 Å². The van der Waals surface area contributed by atoms with Gasteiger partial charge in [-0.3, -0.25) is 4.72 Å². The van der Waals surface area contributed by atoms with E-state index in [1.165, 1.54) is 32.4 Å². The molecule has 2 rings (SSSR count). The van der Waals surface area contributed by atoms with Crippen molar-refractivity contribution in [3.8, 4) is 0 Å². The van der Waals surface area contributed by atoms with Gasteiger partial charge in [-0.05, 0) is 34.1 Å². The van der Waals surface area contributed by atoms with Gasteiger partial charge in [0.1, 0.15) is 0 Å². The average molecular weight is 375 g/mol. The number of aromatic nitrogens is 3. The molecule has 0 aliphatic heterocycles. The fraction of sp³-hybridized carbons (Fsp3) is 0.182. The molecule has 1 N–H and O–H groups in total. The van der Waals surface area contributed by atoms with Gasteiger partial charge in [-0.1, -0.05) is 11.3 Å². The lowest BCUT2D eigenvalue weighted by molar-refractivity contribution is 0.0601. The number of carbonyl (C=O) groups is 1. The Kier molecular flexibility index (Phi) is 4.28. The van der Waals surface area contributed by atoms with E-state index >= 15 is 0 Å². The number of hydrogen-bond acceptors (Lipinski definition) is 6. The van der Waals surface area contributed by atoms with Gasteiger partial charge in [0.25, 0.3) is 10.0 Å². The molecule has 0 aliphatic rings. The summed E-state index contributed by atoms with van der Waals surface area (Å²) >= 11 is 3.03. The minimum atomic E-state index is -3.89. The Hall–Kier alpha value is -1.94. The number of aryl methyl sites for hydroxylation is 1. The number of hydrogen-bond donors (Lipinski definition) is 1. The van der Waals surface area contributed by atoms with Crippen LogP contribution in [0.2, 0.25) is 0 Å². The fourth-order valence-electron chi connectivity index (χ4n) is 1.64. The number of rotatable bonds is 4. The predicted molar refractivity (Wildman–Crippen MR) is 77.3 cm³/mol. The van der Waals surface area contributed by atoms with Crippen molar-refractivity contribution >= 4 is 37.6 Å². The van der Waals surface area contributed by atoms with Crippen LogP contribution in [0.3, 0.4) is 0 Å². The molecule has 1 aromatic carbocycles. The van der Waals surface area contributed by atoms with Crippen LogP contribution in [-0.2, 0) is 21.8 Å². The SMILES string of the molecule is COC(=O)c1cccc(NS(=O)(=O)c2c(Br)nnn2C)c1. The summed E-state index contributed by atoms with van der Waals surface area (Å²) in [6, 6.07) is 5.95. The minimum Gasteiger partial charge on any atom is -0.465 e. The van der Waals surface area contributed by atoms with E-state index in [4.69, 9.17) is 0 Å². The van der Waals surface area contributed by atoms with Crippen molar-refractivity contribution in [2.75, 3.05) is 11.8 Å². The summed E-state index contributed by atoms with van der Waals surface area (Å²) in [4.78, 5) is 11.4. The van der Waals surface area contributed by atoms with Crippen LogP contribution in [0, 0.1) is 0 Å². The molecule has 0 fully saturated rings. The molecule has 0 atom stereocenters. The van der Waals surface area contributed by atoms with Crippen molar-refractivity contribution < 1.29 is 17.9 Å². The van der Waals surface area contributed by atoms with Crippen LogP contribution in [0.1, 0.15) is 10.4 Å². The topological polar surface area (TPSA) is 103 Å². The van der Waals surface area contributed by atoms with Crippen molar-refractivity contribution in [3.05, 3.63) is 34.4 Å². The summed E-state index contributed by atoms with van der Waals surface area (Å²) in [6.07, 6.45) is 0. The van der Waals surface area contributed by atoms with E-state index in [9.17, 15) is 13.2 Å². The van der Waals surface area contributed by atoms with Gasteiger partial charge in [-0.2, -0.15) is 8.42 Å². The zero-order chi connectivity index (χ0) is 15.6. The molecule has 112 valence electrons. The maximum absolute atomic E-state index is 12.3. The van der Waals surface area contributed by atoms with Gasteiger partial charge >= 0.3 is 5.97 Å². The Labute approximate surface area is 129 Å². The van der Waals surface area contributed by atoms with Crippen LogP contribution in [0.4, 0.5) is 5.69 Å². The molecule has 2 aromatic rings. The highest BCUT2D eigenvalue weighted by Gasteiger charge is 2.24. The van der Waals surface area contributed by atoms with Gasteiger partial charge in [0.15, 0.2) is 4.60 Å². The van der Waals surface area contributed by atoms with E-state index in [2.05, 4.69) is 35.7 Å². The highest BCUT2D eigenvalue weighted by molar-refractivity contribution is 9.10. The van der Waals surface area contributed by atoms with Crippen LogP contribution in [0.5, 0.6) is 0 Å². The summed E-state index contributed by atoms with van der Waals surface area (Å²) < 4.78 is 32.8. The molecule has 8 nitrogen and oxygen atoms in total. The zero-order valence-corrected chi connectivity index (χ0v) is 13.5. The number of halogens is 1. The Bertz CT molecular complexity index is 768. The largest absolute Gasteiger partial charge is 0.465 e. The standard InChI is InChI=1S/C11H11BrN4O4S/c1-16-10(9(12)13-15-16)21(18,19)14-8-5-3-4-7(6-8)11(17)20-2/h3-6,14H,1-2H3. The maximum Gasteiger partial charge on any atom is 0.337 e. The van der Waals surface area contributed by atoms with Crippen LogP contribution in [0.25, 0.3) is 0 Å². The first-order valence-corrected chi connectivity index (χ1v) is 7.89. The third kappa shape index (κ3) is 3.22. The third-order valence-electron chi connectivity index (χ3n) is 2.53. The summed E-state index contributed by atoms with van der Waals surface area (Å²) in [6.45, 7) is 0. The molecule has 0 bridgehead atoms. The number of benzene rings is 1. The number of anilines is 1. The number of ether oxygens (including phenoxy) is 1. The second kappa shape index (κ2) is 5.82. The Balaban J connectivity index is 2.36. The summed E-state index contributed by atoms with van der Waals surface area (Å²) in [7, 11) is -1.19. The first-order valence-electron chi connectivity index (χ1n) is 5.61. The Morgan fingerprint density at radius 1 is 1.43 bits per heavy atom. The average Bonchev–Trinajstić information content (AvgIpc) is 2.77. The van der Waals surface area contributed by atoms with Gasteiger partial charge in [0.2, 0.25) is 5.03 Å². The Morgan fingerprint density at radius 3 is 2.71 bits per heavy atom. The number of nitrogens with one attached hydrogen (secondary N) is 1. The lowest BCUT2D eigenvalue weighted by Gasteiger charge is -2.09. The van der Waals surface area contributed by atoms with Crippen molar-refractivity contribution in [2.45, 2.75) is 5.03 Å². The van der Waals surface area contributed by atoms with E-state index < -0.39 is 16.0 Å². The predicted octanol–water partition coefficient (Wildman–Crippen LogP) is 1.17. The molecule has 0 spiro atoms. The molecule has 0 saturated heterocycles. The monoisotopic (exact) mass is 374 g/mol. The quantitative estimate of drug-likeness (QED) is 0.805. The van der Waals surface area contributed by atoms with Gasteiger partial charge in [0.05, 0.1) is 12.7 Å². The number of esters is 1. The highest BCUT2D eigenvalue weighted by atomic mass is 79.9. The van der Waals surface area contributed by atoms with Gasteiger partial charge < -0.3 is 4.74 Å². The van der Waals surface area contributed by atoms with E-state index in [0.29, 0.717) is 0 Å². The molecule has 0 unspecified atom stereocenters. The molecule has 10 heteroatoms. The van der Waals surface area contributed by atoms with E-state index in [1.807, 2.05) is 0 Å². The third-order valence-corrected chi connectivity index (χ3v) is 4.80. The summed E-state index contributed by atoms with van der Waals surface area (Å²) in [5.74, 6) is -0.556. The van der Waals surface area contributed by atoms with Crippen LogP contribution < -0.4 is 4.72 Å². The first kappa shape index (κ1) is 15.4. The van der Waals surface area contributed by atoms with E-state index in [-0.39, 0.29) is 20.9 Å². The molecule has 1 heterocycles. The Morgan fingerprint density at radius 2 is 2.14 bits per heavy atom. The number of methoxy groups -OCH3 is 1. The van der Waals surface area contributed by atoms with E-state index in [1.54, 1.807) is 6.07 Å². The molecule has 0 amide bonds. The second-order valence-corrected chi connectivity index (χ2v) is 6.34. The molecule has 1 aromatic heterocycles. The lowest BCUT2D eigenvalue weighted by Crippen LogP contribution is -2.17. The zero-order valence-electron chi connectivity index (χ0n) is 11.1. The van der Waals surface area contributed by atoms with Crippen molar-refractivity contribution in [1.82, 2.24) is 15.0 Å². The molecule has 0 radical (unpaired) electrons. The maximum atomic E-state index is 12.3. The van der Waals surface area contributed by atoms with E-state index in [0.717, 1.165) is 4.68 Å². The van der Waals surface area contributed by atoms with Gasteiger partial charge in [-0.25, -0.2) is 9.48 Å². The van der Waals surface area contributed by atoms with Crippen LogP contribution >= 0.6 is 15.9 Å². The minimum absolute atomic E-state index is 0.0987. The molecular formula is C11H11BrN4O4S. The smallest absolute Gasteiger partial charge is 0.337 e. The number of sulfonamides is 1. The molecule has 0 aliphatic carbocycles. The molecule has 0 saturated carbocycles. The fourth-order valence-corrected chi connectivity index (χ4v) is 3.79. The lowest BCUT2D eigenvalue weighted by atomic mass is 10.2.